The van der Waals surface area contributed by atoms with E-state index in [1.165, 1.54) is 132 Å². The van der Waals surface area contributed by atoms with E-state index in [0.29, 0.717) is 0 Å². The second-order valence-electron chi connectivity index (χ2n) is 13.9. The quantitative estimate of drug-likeness (QED) is 0.145. The average molecular weight is 605 g/mol. The Labute approximate surface area is 274 Å². The summed E-state index contributed by atoms with van der Waals surface area (Å²) in [6.45, 7) is 15.8. The van der Waals surface area contributed by atoms with Gasteiger partial charge >= 0.3 is 0 Å². The fraction of sp³-hybridized carbons (Fsp3) is 0.318. The summed E-state index contributed by atoms with van der Waals surface area (Å²) in [4.78, 5) is 0. The van der Waals surface area contributed by atoms with E-state index in [0.717, 1.165) is 6.42 Å². The Morgan fingerprint density at radius 3 is 1.41 bits per heavy atom. The van der Waals surface area contributed by atoms with Crippen molar-refractivity contribution in [3.63, 3.8) is 0 Å². The number of unbranched alkanes of at least 4 members (excludes halogenated alkanes) is 5. The highest BCUT2D eigenvalue weighted by atomic mass is 15.0. The molecule has 2 heterocycles. The highest BCUT2D eigenvalue weighted by molar-refractivity contribution is 6.19. The molecule has 0 amide bonds. The molecule has 0 saturated carbocycles. The predicted molar refractivity (Wildman–Crippen MR) is 201 cm³/mol. The fourth-order valence-electron chi connectivity index (χ4n) is 8.05. The summed E-state index contributed by atoms with van der Waals surface area (Å²) in [6, 6.07) is 30.4. The van der Waals surface area contributed by atoms with Crippen LogP contribution in [0.2, 0.25) is 0 Å². The average Bonchev–Trinajstić information content (AvgIpc) is 3.49. The molecule has 0 unspecified atom stereocenters. The number of hydrogen-bond donors (Lipinski definition) is 0. The van der Waals surface area contributed by atoms with Gasteiger partial charge in [-0.15, -0.1) is 0 Å². The van der Waals surface area contributed by atoms with E-state index in [4.69, 9.17) is 0 Å². The molecule has 2 aromatic heterocycles. The Hall–Kier alpha value is -4.30. The molecule has 0 aliphatic carbocycles. The fourth-order valence-corrected chi connectivity index (χ4v) is 8.05. The number of para-hydroxylation sites is 1. The third-order valence-corrected chi connectivity index (χ3v) is 10.2. The molecule has 0 N–H and O–H groups in total. The number of rotatable bonds is 9. The summed E-state index contributed by atoms with van der Waals surface area (Å²) in [5.41, 5.74) is 17.1. The van der Waals surface area contributed by atoms with Crippen LogP contribution in [0.3, 0.4) is 0 Å². The van der Waals surface area contributed by atoms with Crippen LogP contribution >= 0.6 is 0 Å². The van der Waals surface area contributed by atoms with Crippen molar-refractivity contribution in [3.8, 4) is 11.4 Å². The molecule has 0 saturated heterocycles. The van der Waals surface area contributed by atoms with E-state index in [9.17, 15) is 0 Å². The van der Waals surface area contributed by atoms with Crippen LogP contribution in [-0.2, 0) is 6.42 Å². The molecule has 0 radical (unpaired) electrons. The zero-order chi connectivity index (χ0) is 32.1. The standard InChI is InChI=1S/C44H48N2/c1-8-9-10-11-12-13-17-34-24-32(6)44(33(7)25-34)46-40-21-19-29(3)23-36(40)38-26-41-37(27-42(38)46)35-22-28(2)18-20-39(35)45(41)43-30(4)15-14-16-31(43)5/h14-16,18-27H,8-13,17H2,1-7H3. The zero-order valence-electron chi connectivity index (χ0n) is 28.8. The molecular formula is C44H48N2. The van der Waals surface area contributed by atoms with E-state index in [-0.39, 0.29) is 0 Å². The van der Waals surface area contributed by atoms with Gasteiger partial charge in [-0.05, 0) is 119 Å². The Morgan fingerprint density at radius 2 is 0.891 bits per heavy atom. The molecule has 0 aliphatic heterocycles. The van der Waals surface area contributed by atoms with Crippen molar-refractivity contribution < 1.29 is 0 Å². The zero-order valence-corrected chi connectivity index (χ0v) is 28.8. The third kappa shape index (κ3) is 5.13. The van der Waals surface area contributed by atoms with Gasteiger partial charge in [-0.2, -0.15) is 0 Å². The first kappa shape index (κ1) is 30.4. The summed E-state index contributed by atoms with van der Waals surface area (Å²) in [6.07, 6.45) is 9.17. The largest absolute Gasteiger partial charge is 0.309 e. The van der Waals surface area contributed by atoms with Gasteiger partial charge in [0.1, 0.15) is 0 Å². The maximum absolute atomic E-state index is 2.56. The van der Waals surface area contributed by atoms with E-state index in [2.05, 4.69) is 136 Å². The molecule has 7 rings (SSSR count). The molecule has 234 valence electrons. The normalized spacial score (nSPS) is 12.0. The van der Waals surface area contributed by atoms with Crippen molar-refractivity contribution in [1.29, 1.82) is 0 Å². The summed E-state index contributed by atoms with van der Waals surface area (Å²) >= 11 is 0. The molecule has 7 aromatic rings. The first-order chi connectivity index (χ1) is 22.3. The van der Waals surface area contributed by atoms with Gasteiger partial charge in [0.2, 0.25) is 0 Å². The Balaban J connectivity index is 1.47. The molecule has 0 atom stereocenters. The Bertz CT molecular complexity index is 2210. The van der Waals surface area contributed by atoms with Crippen LogP contribution < -0.4 is 0 Å². The maximum Gasteiger partial charge on any atom is 0.0549 e. The molecule has 2 heteroatoms. The van der Waals surface area contributed by atoms with Crippen molar-refractivity contribution in [3.05, 3.63) is 118 Å². The van der Waals surface area contributed by atoms with Gasteiger partial charge < -0.3 is 9.13 Å². The van der Waals surface area contributed by atoms with E-state index in [1.54, 1.807) is 0 Å². The van der Waals surface area contributed by atoms with Gasteiger partial charge in [-0.1, -0.05) is 92.6 Å². The van der Waals surface area contributed by atoms with Crippen molar-refractivity contribution in [2.75, 3.05) is 0 Å². The predicted octanol–water partition coefficient (Wildman–Crippen LogP) is 12.6. The minimum atomic E-state index is 1.16. The lowest BCUT2D eigenvalue weighted by Gasteiger charge is -2.17. The number of aromatic nitrogens is 2. The van der Waals surface area contributed by atoms with Gasteiger partial charge in [0.05, 0.1) is 33.4 Å². The smallest absolute Gasteiger partial charge is 0.0549 e. The van der Waals surface area contributed by atoms with Gasteiger partial charge in [0, 0.05) is 21.5 Å². The Kier molecular flexibility index (Phi) is 8.01. The molecule has 0 spiro atoms. The second kappa shape index (κ2) is 12.1. The van der Waals surface area contributed by atoms with Crippen molar-refractivity contribution in [2.45, 2.75) is 93.4 Å². The van der Waals surface area contributed by atoms with E-state index < -0.39 is 0 Å². The van der Waals surface area contributed by atoms with Crippen LogP contribution in [0.4, 0.5) is 0 Å². The summed E-state index contributed by atoms with van der Waals surface area (Å²) in [5.74, 6) is 0. The first-order valence-corrected chi connectivity index (χ1v) is 17.4. The number of fused-ring (bicyclic) bond motifs is 6. The van der Waals surface area contributed by atoms with Gasteiger partial charge in [0.15, 0.2) is 0 Å². The number of benzene rings is 5. The Morgan fingerprint density at radius 1 is 0.435 bits per heavy atom. The van der Waals surface area contributed by atoms with Crippen LogP contribution in [0.15, 0.2) is 78.9 Å². The van der Waals surface area contributed by atoms with Crippen LogP contribution in [0.1, 0.15) is 84.4 Å². The molecular weight excluding hydrogens is 556 g/mol. The topological polar surface area (TPSA) is 9.86 Å². The van der Waals surface area contributed by atoms with Gasteiger partial charge in [-0.25, -0.2) is 0 Å². The lowest BCUT2D eigenvalue weighted by Crippen LogP contribution is -2.02. The first-order valence-electron chi connectivity index (χ1n) is 17.4. The molecule has 0 aliphatic rings. The van der Waals surface area contributed by atoms with Crippen molar-refractivity contribution >= 4 is 43.6 Å². The molecule has 0 fully saturated rings. The highest BCUT2D eigenvalue weighted by Crippen LogP contribution is 2.42. The number of nitrogens with zero attached hydrogens (tertiary/aromatic N) is 2. The number of hydrogen-bond acceptors (Lipinski definition) is 0. The lowest BCUT2D eigenvalue weighted by molar-refractivity contribution is 0.607. The maximum atomic E-state index is 2.56. The molecule has 5 aromatic carbocycles. The minimum Gasteiger partial charge on any atom is -0.309 e. The molecule has 0 bridgehead atoms. The van der Waals surface area contributed by atoms with Gasteiger partial charge in [0.25, 0.3) is 0 Å². The summed E-state index contributed by atoms with van der Waals surface area (Å²) in [7, 11) is 0. The summed E-state index contributed by atoms with van der Waals surface area (Å²) in [5, 5.41) is 5.26. The monoisotopic (exact) mass is 604 g/mol. The van der Waals surface area contributed by atoms with Crippen LogP contribution in [0.5, 0.6) is 0 Å². The lowest BCUT2D eigenvalue weighted by atomic mass is 9.99. The third-order valence-electron chi connectivity index (χ3n) is 10.2. The highest BCUT2D eigenvalue weighted by Gasteiger charge is 2.21. The molecule has 46 heavy (non-hydrogen) atoms. The van der Waals surface area contributed by atoms with Crippen LogP contribution in [0, 0.1) is 41.5 Å². The summed E-state index contributed by atoms with van der Waals surface area (Å²) < 4.78 is 5.07. The van der Waals surface area contributed by atoms with E-state index in [1.807, 2.05) is 0 Å². The van der Waals surface area contributed by atoms with Crippen molar-refractivity contribution in [1.82, 2.24) is 9.13 Å². The number of aryl methyl sites for hydroxylation is 7. The second-order valence-corrected chi connectivity index (χ2v) is 13.9. The molecule has 2 nitrogen and oxygen atoms in total. The minimum absolute atomic E-state index is 1.16. The van der Waals surface area contributed by atoms with E-state index >= 15 is 0 Å². The van der Waals surface area contributed by atoms with Crippen LogP contribution in [0.25, 0.3) is 55.0 Å². The van der Waals surface area contributed by atoms with Gasteiger partial charge in [-0.3, -0.25) is 0 Å². The SMILES string of the molecule is CCCCCCCCc1cc(C)c(-n2c3ccc(C)cc3c3cc4c(cc32)c2cc(C)ccc2n4-c2c(C)cccc2C)c(C)c1. The van der Waals surface area contributed by atoms with Crippen LogP contribution in [-0.4, -0.2) is 9.13 Å². The van der Waals surface area contributed by atoms with Crippen molar-refractivity contribution in [2.24, 2.45) is 0 Å².